The summed E-state index contributed by atoms with van der Waals surface area (Å²) in [5.74, 6) is -1.72. The molecule has 3 aromatic rings. The van der Waals surface area contributed by atoms with Crippen molar-refractivity contribution >= 4 is 21.0 Å². The van der Waals surface area contributed by atoms with Crippen LogP contribution in [0.3, 0.4) is 0 Å². The van der Waals surface area contributed by atoms with Crippen LogP contribution in [0.5, 0.6) is 5.88 Å². The Morgan fingerprint density at radius 3 is 2.50 bits per heavy atom. The van der Waals surface area contributed by atoms with Crippen LogP contribution in [0.1, 0.15) is 0 Å². The van der Waals surface area contributed by atoms with E-state index < -0.39 is 27.3 Å². The topological polar surface area (TPSA) is 95.2 Å². The van der Waals surface area contributed by atoms with Crippen molar-refractivity contribution in [2.45, 2.75) is 5.51 Å². The first-order valence-electron chi connectivity index (χ1n) is 6.05. The Morgan fingerprint density at radius 1 is 1.12 bits per heavy atom. The third-order valence-electron chi connectivity index (χ3n) is 2.85. The van der Waals surface area contributed by atoms with Gasteiger partial charge in [0.25, 0.3) is 5.89 Å². The molecule has 12 heteroatoms. The zero-order chi connectivity index (χ0) is 17.5. The van der Waals surface area contributed by atoms with Crippen molar-refractivity contribution in [3.63, 3.8) is 0 Å². The number of hydrogen-bond donors (Lipinski definition) is 0. The fourth-order valence-electron chi connectivity index (χ4n) is 1.86. The highest BCUT2D eigenvalue weighted by Gasteiger charge is 2.48. The predicted octanol–water partition coefficient (Wildman–Crippen LogP) is 2.65. The molecule has 126 valence electrons. The van der Waals surface area contributed by atoms with Crippen LogP contribution in [0, 0.1) is 5.82 Å². The molecule has 0 bridgehead atoms. The zero-order valence-electron chi connectivity index (χ0n) is 11.3. The molecular weight excluding hydrogens is 358 g/mol. The van der Waals surface area contributed by atoms with Gasteiger partial charge in [0.05, 0.1) is 11.1 Å². The number of fused-ring (bicyclic) bond motifs is 1. The summed E-state index contributed by atoms with van der Waals surface area (Å²) in [5.41, 5.74) is -5.75. The molecule has 0 radical (unpaired) electrons. The van der Waals surface area contributed by atoms with Gasteiger partial charge in [0.2, 0.25) is 12.3 Å². The van der Waals surface area contributed by atoms with E-state index in [-0.39, 0.29) is 22.4 Å². The fraction of sp³-hybridized carbons (Fsp3) is 0.0833. The highest BCUT2D eigenvalue weighted by molar-refractivity contribution is 7.87. The normalized spacial score (nSPS) is 12.5. The van der Waals surface area contributed by atoms with Crippen LogP contribution < -0.4 is 4.18 Å². The number of nitrogens with zero attached hydrogens (tertiary/aromatic N) is 3. The van der Waals surface area contributed by atoms with E-state index in [0.29, 0.717) is 0 Å². The van der Waals surface area contributed by atoms with Gasteiger partial charge in [-0.2, -0.15) is 21.6 Å². The molecule has 2 heterocycles. The van der Waals surface area contributed by atoms with Crippen molar-refractivity contribution in [2.24, 2.45) is 0 Å². The Labute approximate surface area is 131 Å². The minimum absolute atomic E-state index is 0.0283. The molecule has 0 N–H and O–H groups in total. The highest BCUT2D eigenvalue weighted by Crippen LogP contribution is 2.32. The van der Waals surface area contributed by atoms with E-state index in [4.69, 9.17) is 4.42 Å². The molecule has 3 rings (SSSR count). The maximum atomic E-state index is 14.0. The molecule has 0 spiro atoms. The Hall–Kier alpha value is -2.76. The number of hydrogen-bond acceptors (Lipinski definition) is 7. The average Bonchev–Trinajstić information content (AvgIpc) is 2.99. The zero-order valence-corrected chi connectivity index (χ0v) is 12.1. The molecule has 0 fully saturated rings. The third-order valence-corrected chi connectivity index (χ3v) is 3.80. The molecule has 0 aliphatic heterocycles. The maximum Gasteiger partial charge on any atom is 0.534 e. The molecule has 0 unspecified atom stereocenters. The van der Waals surface area contributed by atoms with Crippen molar-refractivity contribution in [1.82, 2.24) is 15.2 Å². The molecule has 0 aliphatic carbocycles. The lowest BCUT2D eigenvalue weighted by molar-refractivity contribution is -0.0501. The van der Waals surface area contributed by atoms with Gasteiger partial charge in [-0.1, -0.05) is 0 Å². The van der Waals surface area contributed by atoms with Gasteiger partial charge in [0.15, 0.2) is 0 Å². The van der Waals surface area contributed by atoms with Crippen LogP contribution in [-0.2, 0) is 10.1 Å². The minimum atomic E-state index is -5.86. The summed E-state index contributed by atoms with van der Waals surface area (Å²) in [6.45, 7) is 0. The van der Waals surface area contributed by atoms with E-state index in [1.165, 1.54) is 0 Å². The molecule has 0 saturated carbocycles. The first kappa shape index (κ1) is 16.1. The average molecular weight is 363 g/mol. The fourth-order valence-corrected chi connectivity index (χ4v) is 2.28. The maximum absolute atomic E-state index is 14.0. The SMILES string of the molecule is O=S(=O)(Oc1ccc2c(-c3nnco3)c(F)ccc2n1)C(F)(F)F. The lowest BCUT2D eigenvalue weighted by Crippen LogP contribution is -2.28. The summed E-state index contributed by atoms with van der Waals surface area (Å²) in [4.78, 5) is 3.63. The predicted molar refractivity (Wildman–Crippen MR) is 70.6 cm³/mol. The Bertz CT molecular complexity index is 1000. The second-order valence-corrected chi connectivity index (χ2v) is 5.90. The van der Waals surface area contributed by atoms with Crippen LogP contribution >= 0.6 is 0 Å². The van der Waals surface area contributed by atoms with E-state index in [9.17, 15) is 26.0 Å². The van der Waals surface area contributed by atoms with Gasteiger partial charge in [-0.05, 0) is 18.2 Å². The van der Waals surface area contributed by atoms with Crippen LogP contribution in [0.2, 0.25) is 0 Å². The van der Waals surface area contributed by atoms with E-state index in [2.05, 4.69) is 19.4 Å². The van der Waals surface area contributed by atoms with Crippen molar-refractivity contribution in [3.05, 3.63) is 36.5 Å². The first-order chi connectivity index (χ1) is 11.2. The number of alkyl halides is 3. The smallest absolute Gasteiger partial charge is 0.423 e. The van der Waals surface area contributed by atoms with E-state index in [1.807, 2.05) is 0 Å². The van der Waals surface area contributed by atoms with E-state index in [0.717, 1.165) is 30.7 Å². The Balaban J connectivity index is 2.10. The molecular formula is C12H5F4N3O4S. The molecule has 2 aromatic heterocycles. The first-order valence-corrected chi connectivity index (χ1v) is 7.46. The monoisotopic (exact) mass is 363 g/mol. The molecule has 1 aromatic carbocycles. The van der Waals surface area contributed by atoms with Crippen LogP contribution in [0.15, 0.2) is 35.1 Å². The largest absolute Gasteiger partial charge is 0.534 e. The lowest BCUT2D eigenvalue weighted by Gasteiger charge is -2.10. The number of halogens is 4. The van der Waals surface area contributed by atoms with Gasteiger partial charge < -0.3 is 8.60 Å². The van der Waals surface area contributed by atoms with Gasteiger partial charge in [0, 0.05) is 11.5 Å². The molecule has 7 nitrogen and oxygen atoms in total. The summed E-state index contributed by atoms with van der Waals surface area (Å²) < 4.78 is 81.7. The molecule has 0 aliphatic rings. The summed E-state index contributed by atoms with van der Waals surface area (Å²) in [5, 5.41) is 7.08. The van der Waals surface area contributed by atoms with Crippen molar-refractivity contribution in [3.8, 4) is 17.3 Å². The standard InChI is InChI=1S/C12H5F4N3O4S/c13-7-2-3-8-6(10(7)11-19-17-5-22-11)1-4-9(18-8)23-24(20,21)12(14,15)16/h1-5H. The Morgan fingerprint density at radius 2 is 1.88 bits per heavy atom. The lowest BCUT2D eigenvalue weighted by atomic mass is 10.1. The second kappa shape index (κ2) is 5.40. The Kier molecular flexibility index (Phi) is 3.63. The number of pyridine rings is 1. The van der Waals surface area contributed by atoms with Crippen LogP contribution in [0.4, 0.5) is 17.6 Å². The van der Waals surface area contributed by atoms with Crippen molar-refractivity contribution < 1.29 is 34.6 Å². The molecule has 0 saturated heterocycles. The van der Waals surface area contributed by atoms with Gasteiger partial charge in [-0.25, -0.2) is 9.37 Å². The second-order valence-electron chi connectivity index (χ2n) is 4.37. The third kappa shape index (κ3) is 2.75. The summed E-state index contributed by atoms with van der Waals surface area (Å²) in [6, 6.07) is 4.09. The van der Waals surface area contributed by atoms with Gasteiger partial charge in [-0.3, -0.25) is 0 Å². The number of benzene rings is 1. The van der Waals surface area contributed by atoms with Gasteiger partial charge >= 0.3 is 15.6 Å². The van der Waals surface area contributed by atoms with E-state index in [1.54, 1.807) is 0 Å². The number of rotatable bonds is 3. The molecule has 24 heavy (non-hydrogen) atoms. The molecule has 0 atom stereocenters. The number of aromatic nitrogens is 3. The summed E-state index contributed by atoms with van der Waals surface area (Å²) >= 11 is 0. The minimum Gasteiger partial charge on any atom is -0.423 e. The van der Waals surface area contributed by atoms with Gasteiger partial charge in [-0.15, -0.1) is 10.2 Å². The summed E-state index contributed by atoms with van der Waals surface area (Å²) in [7, 11) is -5.86. The van der Waals surface area contributed by atoms with Crippen LogP contribution in [0.25, 0.3) is 22.4 Å². The van der Waals surface area contributed by atoms with Crippen molar-refractivity contribution in [1.29, 1.82) is 0 Å². The quantitative estimate of drug-likeness (QED) is 0.401. The van der Waals surface area contributed by atoms with Crippen LogP contribution in [-0.4, -0.2) is 29.1 Å². The van der Waals surface area contributed by atoms with Crippen molar-refractivity contribution in [2.75, 3.05) is 0 Å². The summed E-state index contributed by atoms with van der Waals surface area (Å²) in [6.07, 6.45) is 0.967. The van der Waals surface area contributed by atoms with Gasteiger partial charge in [0.1, 0.15) is 5.82 Å². The molecule has 0 amide bonds. The highest BCUT2D eigenvalue weighted by atomic mass is 32.2. The van der Waals surface area contributed by atoms with E-state index >= 15 is 0 Å².